The van der Waals surface area contributed by atoms with Gasteiger partial charge in [0.15, 0.2) is 0 Å². The molecule has 0 amide bonds. The van der Waals surface area contributed by atoms with Gasteiger partial charge in [-0.25, -0.2) is 9.59 Å². The van der Waals surface area contributed by atoms with Gasteiger partial charge in [0.05, 0.1) is 29.9 Å². The van der Waals surface area contributed by atoms with Crippen molar-refractivity contribution in [2.45, 2.75) is 32.0 Å². The summed E-state index contributed by atoms with van der Waals surface area (Å²) in [6.07, 6.45) is 2.78. The number of carboxylic acid groups (broad SMARTS) is 1. The fourth-order valence-corrected chi connectivity index (χ4v) is 2.93. The van der Waals surface area contributed by atoms with Crippen molar-refractivity contribution in [3.8, 4) is 0 Å². The van der Waals surface area contributed by atoms with E-state index in [1.807, 2.05) is 0 Å². The second-order valence-electron chi connectivity index (χ2n) is 5.90. The maximum Gasteiger partial charge on any atom is 0.338 e. The van der Waals surface area contributed by atoms with E-state index in [1.54, 1.807) is 0 Å². The third kappa shape index (κ3) is 3.08. The summed E-state index contributed by atoms with van der Waals surface area (Å²) < 4.78 is 10.9. The van der Waals surface area contributed by atoms with Gasteiger partial charge in [0, 0.05) is 0 Å². The number of fused-ring (bicyclic) bond motifs is 1. The molecule has 4 atom stereocenters. The van der Waals surface area contributed by atoms with Crippen LogP contribution in [-0.2, 0) is 9.47 Å². The van der Waals surface area contributed by atoms with E-state index >= 15 is 0 Å². The molecule has 3 rings (SSSR count). The smallest absolute Gasteiger partial charge is 0.338 e. The standard InChI is InChI=1S/C16H18O5/c1-9-6-13-14(21-13)7-12(9)8-20-16(19)11-4-2-10(3-5-11)15(17)18/h2-5,9,12-14H,6-8H2,1H3,(H,17,18). The zero-order chi connectivity index (χ0) is 15.0. The highest BCUT2D eigenvalue weighted by Gasteiger charge is 2.47. The van der Waals surface area contributed by atoms with Gasteiger partial charge in [-0.3, -0.25) is 0 Å². The quantitative estimate of drug-likeness (QED) is 0.680. The molecule has 1 aromatic rings. The van der Waals surface area contributed by atoms with E-state index < -0.39 is 11.9 Å². The van der Waals surface area contributed by atoms with Crippen LogP contribution in [0.15, 0.2) is 24.3 Å². The van der Waals surface area contributed by atoms with Gasteiger partial charge < -0.3 is 14.6 Å². The van der Waals surface area contributed by atoms with E-state index in [4.69, 9.17) is 14.6 Å². The highest BCUT2D eigenvalue weighted by atomic mass is 16.6. The van der Waals surface area contributed by atoms with Crippen LogP contribution in [0.4, 0.5) is 0 Å². The van der Waals surface area contributed by atoms with Crippen molar-refractivity contribution in [2.24, 2.45) is 11.8 Å². The van der Waals surface area contributed by atoms with E-state index in [0.29, 0.717) is 36.2 Å². The number of hydrogen-bond acceptors (Lipinski definition) is 4. The first-order chi connectivity index (χ1) is 10.0. The molecule has 0 bridgehead atoms. The molecule has 1 aromatic carbocycles. The topological polar surface area (TPSA) is 76.1 Å². The summed E-state index contributed by atoms with van der Waals surface area (Å²) in [4.78, 5) is 22.7. The second-order valence-corrected chi connectivity index (χ2v) is 5.90. The van der Waals surface area contributed by atoms with Crippen LogP contribution in [0.25, 0.3) is 0 Å². The number of aromatic carboxylic acids is 1. The van der Waals surface area contributed by atoms with Crippen molar-refractivity contribution < 1.29 is 24.2 Å². The number of hydrogen-bond donors (Lipinski definition) is 1. The van der Waals surface area contributed by atoms with Crippen LogP contribution in [0.2, 0.25) is 0 Å². The minimum absolute atomic E-state index is 0.157. The Balaban J connectivity index is 1.54. The van der Waals surface area contributed by atoms with Gasteiger partial charge >= 0.3 is 11.9 Å². The number of epoxide rings is 1. The molecule has 2 fully saturated rings. The summed E-state index contributed by atoms with van der Waals surface area (Å²) in [6, 6.07) is 5.78. The number of carbonyl (C=O) groups excluding carboxylic acids is 1. The Morgan fingerprint density at radius 1 is 1.19 bits per heavy atom. The molecule has 1 heterocycles. The van der Waals surface area contributed by atoms with Gasteiger partial charge in [0.25, 0.3) is 0 Å². The second kappa shape index (κ2) is 5.48. The van der Waals surface area contributed by atoms with Crippen LogP contribution in [-0.4, -0.2) is 35.9 Å². The van der Waals surface area contributed by atoms with Crippen LogP contribution < -0.4 is 0 Å². The molecule has 21 heavy (non-hydrogen) atoms. The SMILES string of the molecule is CC1CC2OC2CC1COC(=O)c1ccc(C(=O)O)cc1. The molecule has 1 N–H and O–H groups in total. The molecule has 0 aromatic heterocycles. The number of esters is 1. The molecule has 1 aliphatic heterocycles. The summed E-state index contributed by atoms with van der Waals surface area (Å²) in [5.74, 6) is -0.574. The molecular weight excluding hydrogens is 272 g/mol. The van der Waals surface area contributed by atoms with Crippen LogP contribution in [0.3, 0.4) is 0 Å². The van der Waals surface area contributed by atoms with Crippen LogP contribution in [0.5, 0.6) is 0 Å². The van der Waals surface area contributed by atoms with E-state index in [9.17, 15) is 9.59 Å². The average molecular weight is 290 g/mol. The highest BCUT2D eigenvalue weighted by molar-refractivity contribution is 5.92. The van der Waals surface area contributed by atoms with Gasteiger partial charge in [0.2, 0.25) is 0 Å². The molecule has 0 radical (unpaired) electrons. The third-order valence-corrected chi connectivity index (χ3v) is 4.43. The lowest BCUT2D eigenvalue weighted by Gasteiger charge is -2.25. The van der Waals surface area contributed by atoms with E-state index in [2.05, 4.69) is 6.92 Å². The first-order valence-electron chi connectivity index (χ1n) is 7.20. The largest absolute Gasteiger partial charge is 0.478 e. The zero-order valence-electron chi connectivity index (χ0n) is 11.8. The Labute approximate surface area is 122 Å². The first-order valence-corrected chi connectivity index (χ1v) is 7.20. The van der Waals surface area contributed by atoms with Crippen LogP contribution >= 0.6 is 0 Å². The molecule has 5 nitrogen and oxygen atoms in total. The van der Waals surface area contributed by atoms with Crippen LogP contribution in [0.1, 0.15) is 40.5 Å². The molecular formula is C16H18O5. The molecule has 1 saturated heterocycles. The van der Waals surface area contributed by atoms with E-state index in [0.717, 1.165) is 12.8 Å². The van der Waals surface area contributed by atoms with E-state index in [-0.39, 0.29) is 5.56 Å². The summed E-state index contributed by atoms with van der Waals surface area (Å²) >= 11 is 0. The van der Waals surface area contributed by atoms with Gasteiger partial charge in [-0.2, -0.15) is 0 Å². The van der Waals surface area contributed by atoms with Gasteiger partial charge in [-0.1, -0.05) is 6.92 Å². The van der Waals surface area contributed by atoms with Crippen molar-refractivity contribution >= 4 is 11.9 Å². The summed E-state index contributed by atoms with van der Waals surface area (Å²) in [5, 5.41) is 8.82. The lowest BCUT2D eigenvalue weighted by atomic mass is 9.81. The highest BCUT2D eigenvalue weighted by Crippen LogP contribution is 2.42. The minimum Gasteiger partial charge on any atom is -0.478 e. The lowest BCUT2D eigenvalue weighted by molar-refractivity contribution is 0.0368. The monoisotopic (exact) mass is 290 g/mol. The Morgan fingerprint density at radius 2 is 1.81 bits per heavy atom. The maximum atomic E-state index is 12.0. The summed E-state index contributed by atoms with van der Waals surface area (Å²) in [7, 11) is 0. The fourth-order valence-electron chi connectivity index (χ4n) is 2.93. The van der Waals surface area contributed by atoms with Crippen molar-refractivity contribution in [3.05, 3.63) is 35.4 Å². The Morgan fingerprint density at radius 3 is 2.48 bits per heavy atom. The number of ether oxygens (including phenoxy) is 2. The third-order valence-electron chi connectivity index (χ3n) is 4.43. The maximum absolute atomic E-state index is 12.0. The number of carbonyl (C=O) groups is 2. The molecule has 5 heteroatoms. The predicted octanol–water partition coefficient (Wildman–Crippen LogP) is 2.36. The van der Waals surface area contributed by atoms with Crippen molar-refractivity contribution in [2.75, 3.05) is 6.61 Å². The van der Waals surface area contributed by atoms with Gasteiger partial charge in [-0.15, -0.1) is 0 Å². The van der Waals surface area contributed by atoms with Gasteiger partial charge in [0.1, 0.15) is 0 Å². The van der Waals surface area contributed by atoms with E-state index in [1.165, 1.54) is 24.3 Å². The lowest BCUT2D eigenvalue weighted by Crippen LogP contribution is -2.27. The van der Waals surface area contributed by atoms with Crippen molar-refractivity contribution in [1.82, 2.24) is 0 Å². The molecule has 112 valence electrons. The number of benzene rings is 1. The minimum atomic E-state index is -1.01. The first kappa shape index (κ1) is 14.1. The fraction of sp³-hybridized carbons (Fsp3) is 0.500. The number of rotatable bonds is 4. The number of carboxylic acids is 1. The summed E-state index contributed by atoms with van der Waals surface area (Å²) in [5.41, 5.74) is 0.536. The van der Waals surface area contributed by atoms with Crippen LogP contribution in [0, 0.1) is 11.8 Å². The predicted molar refractivity (Wildman–Crippen MR) is 74.2 cm³/mol. The zero-order valence-corrected chi connectivity index (χ0v) is 11.8. The molecule has 0 spiro atoms. The average Bonchev–Trinajstić information content (AvgIpc) is 3.22. The van der Waals surface area contributed by atoms with Crippen molar-refractivity contribution in [1.29, 1.82) is 0 Å². The molecule has 1 saturated carbocycles. The summed E-state index contributed by atoms with van der Waals surface area (Å²) in [6.45, 7) is 2.56. The Hall–Kier alpha value is -1.88. The molecule has 2 aliphatic rings. The Kier molecular flexibility index (Phi) is 3.68. The molecule has 1 aliphatic carbocycles. The van der Waals surface area contributed by atoms with Gasteiger partial charge in [-0.05, 0) is 48.9 Å². The normalized spacial score (nSPS) is 30.3. The molecule has 4 unspecified atom stereocenters. The Bertz CT molecular complexity index is 550. The van der Waals surface area contributed by atoms with Crippen molar-refractivity contribution in [3.63, 3.8) is 0 Å².